The van der Waals surface area contributed by atoms with E-state index in [9.17, 15) is 18.0 Å². The van der Waals surface area contributed by atoms with Crippen molar-refractivity contribution in [3.8, 4) is 0 Å². The Labute approximate surface area is 165 Å². The molecule has 8 heteroatoms. The first kappa shape index (κ1) is 23.9. The number of benzene rings is 1. The molecule has 1 amide bonds. The largest absolute Gasteiger partial charge is 0.465 e. The number of carbonyl (C=O) groups excluding carboxylic acids is 1. The van der Waals surface area contributed by atoms with Crippen LogP contribution in [0.2, 0.25) is 0 Å². The first-order valence-corrected chi connectivity index (χ1v) is 9.62. The van der Waals surface area contributed by atoms with Gasteiger partial charge < -0.3 is 9.64 Å². The van der Waals surface area contributed by atoms with Crippen molar-refractivity contribution in [3.05, 3.63) is 35.4 Å². The van der Waals surface area contributed by atoms with Gasteiger partial charge in [-0.25, -0.2) is 4.99 Å². The SMILES string of the molecule is CCOC(=N[C@@H](C)CCCN(CC)CC)NC(=O)c1cccc(C(F)(F)F)c1. The molecule has 0 saturated carbocycles. The van der Waals surface area contributed by atoms with E-state index in [0.717, 1.165) is 44.6 Å². The number of nitrogens with zero attached hydrogens (tertiary/aromatic N) is 2. The second kappa shape index (κ2) is 11.7. The van der Waals surface area contributed by atoms with Crippen LogP contribution < -0.4 is 5.32 Å². The maximum Gasteiger partial charge on any atom is 0.416 e. The molecule has 1 atom stereocenters. The van der Waals surface area contributed by atoms with Crippen LogP contribution in [0.3, 0.4) is 0 Å². The van der Waals surface area contributed by atoms with E-state index in [1.54, 1.807) is 6.92 Å². The molecule has 0 saturated heterocycles. The van der Waals surface area contributed by atoms with Crippen LogP contribution >= 0.6 is 0 Å². The van der Waals surface area contributed by atoms with E-state index in [2.05, 4.69) is 29.1 Å². The van der Waals surface area contributed by atoms with Crippen LogP contribution in [0.25, 0.3) is 0 Å². The van der Waals surface area contributed by atoms with Crippen molar-refractivity contribution in [1.82, 2.24) is 10.2 Å². The Kier molecular flexibility index (Phi) is 9.99. The average Bonchev–Trinajstić information content (AvgIpc) is 2.65. The molecule has 0 aromatic heterocycles. The highest BCUT2D eigenvalue weighted by atomic mass is 19.4. The zero-order valence-corrected chi connectivity index (χ0v) is 17.0. The lowest BCUT2D eigenvalue weighted by atomic mass is 10.1. The van der Waals surface area contributed by atoms with Crippen molar-refractivity contribution in [2.45, 2.75) is 52.8 Å². The number of amidine groups is 1. The van der Waals surface area contributed by atoms with Crippen molar-refractivity contribution in [2.75, 3.05) is 26.2 Å². The second-order valence-corrected chi connectivity index (χ2v) is 6.42. The molecule has 1 aromatic carbocycles. The first-order valence-electron chi connectivity index (χ1n) is 9.62. The lowest BCUT2D eigenvalue weighted by molar-refractivity contribution is -0.137. The van der Waals surface area contributed by atoms with E-state index in [0.29, 0.717) is 0 Å². The number of hydrogen-bond acceptors (Lipinski definition) is 4. The average molecular weight is 401 g/mol. The molecule has 0 unspecified atom stereocenters. The van der Waals surface area contributed by atoms with Gasteiger partial charge in [0.2, 0.25) is 0 Å². The molecule has 1 N–H and O–H groups in total. The maximum atomic E-state index is 12.8. The Morgan fingerprint density at radius 2 is 1.93 bits per heavy atom. The normalized spacial score (nSPS) is 13.5. The fourth-order valence-corrected chi connectivity index (χ4v) is 2.66. The summed E-state index contributed by atoms with van der Waals surface area (Å²) in [5.41, 5.74) is -0.976. The van der Waals surface area contributed by atoms with Crippen LogP contribution in [0, 0.1) is 0 Å². The van der Waals surface area contributed by atoms with Gasteiger partial charge in [-0.3, -0.25) is 10.1 Å². The smallest absolute Gasteiger partial charge is 0.416 e. The zero-order chi connectivity index (χ0) is 21.2. The Hall–Kier alpha value is -2.09. The van der Waals surface area contributed by atoms with Gasteiger partial charge in [-0.1, -0.05) is 19.9 Å². The third-order valence-electron chi connectivity index (χ3n) is 4.28. The number of hydrogen-bond donors (Lipinski definition) is 1. The van der Waals surface area contributed by atoms with Crippen molar-refractivity contribution >= 4 is 11.9 Å². The van der Waals surface area contributed by atoms with Gasteiger partial charge in [-0.2, -0.15) is 13.2 Å². The molecule has 0 heterocycles. The summed E-state index contributed by atoms with van der Waals surface area (Å²) >= 11 is 0. The molecule has 0 radical (unpaired) electrons. The highest BCUT2D eigenvalue weighted by Gasteiger charge is 2.31. The number of aliphatic imine (C=N–C) groups is 1. The van der Waals surface area contributed by atoms with Crippen LogP contribution in [-0.2, 0) is 10.9 Å². The molecule has 158 valence electrons. The number of halogens is 3. The number of ether oxygens (including phenoxy) is 1. The van der Waals surface area contributed by atoms with Gasteiger partial charge in [-0.15, -0.1) is 0 Å². The minimum absolute atomic E-state index is 0.0280. The molecule has 5 nitrogen and oxygen atoms in total. The summed E-state index contributed by atoms with van der Waals surface area (Å²) < 4.78 is 43.8. The van der Waals surface area contributed by atoms with Crippen LogP contribution in [-0.4, -0.2) is 49.1 Å². The monoisotopic (exact) mass is 401 g/mol. The van der Waals surface area contributed by atoms with Crippen LogP contribution in [0.15, 0.2) is 29.3 Å². The summed E-state index contributed by atoms with van der Waals surface area (Å²) in [6.07, 6.45) is -2.74. The Bertz CT molecular complexity index is 644. The minimum atomic E-state index is -4.51. The third-order valence-corrected chi connectivity index (χ3v) is 4.28. The topological polar surface area (TPSA) is 53.9 Å². The predicted molar refractivity (Wildman–Crippen MR) is 104 cm³/mol. The quantitative estimate of drug-likeness (QED) is 0.495. The van der Waals surface area contributed by atoms with E-state index < -0.39 is 17.6 Å². The van der Waals surface area contributed by atoms with E-state index >= 15 is 0 Å². The molecule has 0 fully saturated rings. The van der Waals surface area contributed by atoms with Crippen molar-refractivity contribution in [2.24, 2.45) is 4.99 Å². The summed E-state index contributed by atoms with van der Waals surface area (Å²) in [7, 11) is 0. The molecule has 28 heavy (non-hydrogen) atoms. The van der Waals surface area contributed by atoms with Crippen molar-refractivity contribution in [1.29, 1.82) is 0 Å². The van der Waals surface area contributed by atoms with Gasteiger partial charge in [-0.05, 0) is 64.5 Å². The highest BCUT2D eigenvalue weighted by Crippen LogP contribution is 2.29. The molecule has 1 rings (SSSR count). The molecule has 0 aliphatic heterocycles. The zero-order valence-electron chi connectivity index (χ0n) is 17.0. The molecule has 0 spiro atoms. The van der Waals surface area contributed by atoms with Crippen molar-refractivity contribution < 1.29 is 22.7 Å². The molecule has 0 bridgehead atoms. The lowest BCUT2D eigenvalue weighted by Crippen LogP contribution is -2.33. The molecular formula is C20H30F3N3O2. The summed E-state index contributed by atoms with van der Waals surface area (Å²) in [6, 6.07) is 4.20. The summed E-state index contributed by atoms with van der Waals surface area (Å²) in [5.74, 6) is -0.686. The molecule has 1 aromatic rings. The molecular weight excluding hydrogens is 371 g/mol. The Morgan fingerprint density at radius 1 is 1.25 bits per heavy atom. The van der Waals surface area contributed by atoms with Gasteiger partial charge >= 0.3 is 6.18 Å². The predicted octanol–water partition coefficient (Wildman–Crippen LogP) is 4.34. The minimum Gasteiger partial charge on any atom is -0.465 e. The summed E-state index contributed by atoms with van der Waals surface area (Å²) in [6.45, 7) is 11.1. The lowest BCUT2D eigenvalue weighted by Gasteiger charge is -2.18. The first-order chi connectivity index (χ1) is 13.2. The Balaban J connectivity index is 2.75. The standard InChI is InChI=1S/C20H30F3N3O2/c1-5-26(6-2)13-9-10-15(4)24-19(28-7-3)25-18(27)16-11-8-12-17(14-16)20(21,22)23/h8,11-12,14-15H,5-7,9-10,13H2,1-4H3,(H,24,25,27)/t15-/m0/s1. The van der Waals surface area contributed by atoms with E-state index in [1.807, 2.05) is 6.92 Å². The molecule has 0 aliphatic carbocycles. The van der Waals surface area contributed by atoms with Gasteiger partial charge in [0.1, 0.15) is 0 Å². The number of rotatable bonds is 9. The van der Waals surface area contributed by atoms with Crippen LogP contribution in [0.4, 0.5) is 13.2 Å². The number of carbonyl (C=O) groups is 1. The van der Waals surface area contributed by atoms with Crippen LogP contribution in [0.1, 0.15) is 56.5 Å². The van der Waals surface area contributed by atoms with E-state index in [-0.39, 0.29) is 24.2 Å². The highest BCUT2D eigenvalue weighted by molar-refractivity contribution is 6.04. The summed E-state index contributed by atoms with van der Waals surface area (Å²) in [4.78, 5) is 19.0. The van der Waals surface area contributed by atoms with Gasteiger partial charge in [0.25, 0.3) is 11.9 Å². The van der Waals surface area contributed by atoms with E-state index in [4.69, 9.17) is 4.74 Å². The number of alkyl halides is 3. The second-order valence-electron chi connectivity index (χ2n) is 6.42. The number of nitrogens with one attached hydrogen (secondary N) is 1. The van der Waals surface area contributed by atoms with Crippen LogP contribution in [0.5, 0.6) is 0 Å². The van der Waals surface area contributed by atoms with Gasteiger partial charge in [0.05, 0.1) is 18.2 Å². The third kappa shape index (κ3) is 8.29. The van der Waals surface area contributed by atoms with Gasteiger partial charge in [0, 0.05) is 5.56 Å². The fraction of sp³-hybridized carbons (Fsp3) is 0.600. The van der Waals surface area contributed by atoms with Crippen molar-refractivity contribution in [3.63, 3.8) is 0 Å². The summed E-state index contributed by atoms with van der Waals surface area (Å²) in [5, 5.41) is 2.48. The maximum absolute atomic E-state index is 12.8. The Morgan fingerprint density at radius 3 is 2.50 bits per heavy atom. The fourth-order valence-electron chi connectivity index (χ4n) is 2.66. The van der Waals surface area contributed by atoms with Gasteiger partial charge in [0.15, 0.2) is 0 Å². The van der Waals surface area contributed by atoms with E-state index in [1.165, 1.54) is 12.1 Å². The molecule has 0 aliphatic rings. The number of amides is 1.